The second-order valence-electron chi connectivity index (χ2n) is 8.26. The molecule has 2 fully saturated rings. The number of likely N-dealkylation sites (tertiary alicyclic amines) is 1. The summed E-state index contributed by atoms with van der Waals surface area (Å²) in [5, 5.41) is 10.1. The van der Waals surface area contributed by atoms with Crippen LogP contribution in [-0.2, 0) is 16.1 Å². The highest BCUT2D eigenvalue weighted by Gasteiger charge is 2.58. The summed E-state index contributed by atoms with van der Waals surface area (Å²) >= 11 is 0. The first-order valence-electron chi connectivity index (χ1n) is 9.79. The van der Waals surface area contributed by atoms with Crippen molar-refractivity contribution in [2.75, 3.05) is 20.7 Å². The lowest BCUT2D eigenvalue weighted by atomic mass is 9.88. The van der Waals surface area contributed by atoms with Crippen molar-refractivity contribution in [3.8, 4) is 0 Å². The zero-order valence-electron chi connectivity index (χ0n) is 15.9. The molecule has 1 aliphatic carbocycles. The van der Waals surface area contributed by atoms with Gasteiger partial charge in [0.2, 0.25) is 11.8 Å². The van der Waals surface area contributed by atoms with E-state index in [1.807, 2.05) is 6.07 Å². The number of likely N-dealkylation sites (N-methyl/N-ethyl adjacent to an activating group) is 1. The lowest BCUT2D eigenvalue weighted by Crippen LogP contribution is -2.51. The summed E-state index contributed by atoms with van der Waals surface area (Å²) in [7, 11) is 3.36. The van der Waals surface area contributed by atoms with Gasteiger partial charge in [0.25, 0.3) is 5.56 Å². The molecule has 7 heteroatoms. The number of nitrogens with zero attached hydrogens (tertiary/aromatic N) is 3. The van der Waals surface area contributed by atoms with Crippen molar-refractivity contribution in [3.05, 3.63) is 34.2 Å². The monoisotopic (exact) mass is 373 g/mol. The van der Waals surface area contributed by atoms with Crippen molar-refractivity contribution in [3.63, 3.8) is 0 Å². The van der Waals surface area contributed by atoms with Crippen LogP contribution in [0.2, 0.25) is 0 Å². The van der Waals surface area contributed by atoms with Crippen molar-refractivity contribution in [1.29, 1.82) is 0 Å². The maximum absolute atomic E-state index is 13.5. The Morgan fingerprint density at radius 1 is 1.22 bits per heavy atom. The van der Waals surface area contributed by atoms with E-state index in [-0.39, 0.29) is 47.8 Å². The minimum atomic E-state index is -0.669. The predicted molar refractivity (Wildman–Crippen MR) is 98.8 cm³/mol. The molecule has 2 aliphatic heterocycles. The average molecular weight is 373 g/mol. The fraction of sp³-hybridized carbons (Fsp3) is 0.650. The minimum absolute atomic E-state index is 0.00315. The summed E-state index contributed by atoms with van der Waals surface area (Å²) in [4.78, 5) is 42.0. The maximum Gasteiger partial charge on any atom is 0.250 e. The Labute approximate surface area is 158 Å². The van der Waals surface area contributed by atoms with Crippen LogP contribution in [0.4, 0.5) is 0 Å². The van der Waals surface area contributed by atoms with E-state index in [1.165, 1.54) is 11.0 Å². The molecule has 0 radical (unpaired) electrons. The third-order valence-corrected chi connectivity index (χ3v) is 6.60. The van der Waals surface area contributed by atoms with Crippen LogP contribution in [-0.4, -0.2) is 58.0 Å². The van der Waals surface area contributed by atoms with E-state index in [0.29, 0.717) is 6.54 Å². The number of hydrogen-bond donors (Lipinski definition) is 1. The molecular weight excluding hydrogens is 346 g/mol. The summed E-state index contributed by atoms with van der Waals surface area (Å²) in [6.45, 7) is 0.263. The number of amides is 2. The Hall–Kier alpha value is -2.15. The first kappa shape index (κ1) is 18.2. The topological polar surface area (TPSA) is 82.8 Å². The summed E-state index contributed by atoms with van der Waals surface area (Å²) in [5.41, 5.74) is 0.689. The molecule has 1 N–H and O–H groups in total. The lowest BCUT2D eigenvalue weighted by molar-refractivity contribution is -0.148. The number of aliphatic hydroxyl groups is 1. The van der Waals surface area contributed by atoms with Gasteiger partial charge in [-0.3, -0.25) is 14.4 Å². The van der Waals surface area contributed by atoms with Gasteiger partial charge in [-0.1, -0.05) is 18.9 Å². The number of carbonyl (C=O) groups excluding carboxylic acids is 2. The molecule has 3 heterocycles. The number of hydrogen-bond acceptors (Lipinski definition) is 4. The Bertz CT molecular complexity index is 812. The predicted octanol–water partition coefficient (Wildman–Crippen LogP) is 0.617. The van der Waals surface area contributed by atoms with Gasteiger partial charge in [-0.15, -0.1) is 0 Å². The molecule has 146 valence electrons. The molecule has 3 aliphatic rings. The first-order chi connectivity index (χ1) is 13.0. The SMILES string of the molecule is CN(C)C(=O)[C@@H]1[C@@H](CO)[C@@H]2Cn3c(cccc3=O)[C@@H]2N1C(=O)C1CCCC1. The van der Waals surface area contributed by atoms with Crippen LogP contribution in [0, 0.1) is 17.8 Å². The van der Waals surface area contributed by atoms with Crippen LogP contribution in [0.1, 0.15) is 37.4 Å². The second kappa shape index (κ2) is 6.78. The molecule has 1 saturated carbocycles. The van der Waals surface area contributed by atoms with Crippen molar-refractivity contribution in [2.24, 2.45) is 17.8 Å². The first-order valence-corrected chi connectivity index (χ1v) is 9.79. The summed E-state index contributed by atoms with van der Waals surface area (Å²) < 4.78 is 1.70. The smallest absolute Gasteiger partial charge is 0.250 e. The molecule has 1 aromatic rings. The Balaban J connectivity index is 1.82. The van der Waals surface area contributed by atoms with Crippen LogP contribution < -0.4 is 5.56 Å². The Morgan fingerprint density at radius 3 is 2.56 bits per heavy atom. The highest BCUT2D eigenvalue weighted by Crippen LogP contribution is 2.50. The van der Waals surface area contributed by atoms with E-state index in [1.54, 1.807) is 29.6 Å². The summed E-state index contributed by atoms with van der Waals surface area (Å²) in [6, 6.07) is 4.11. The maximum atomic E-state index is 13.5. The van der Waals surface area contributed by atoms with Gasteiger partial charge in [-0.2, -0.15) is 0 Å². The van der Waals surface area contributed by atoms with Gasteiger partial charge in [0.1, 0.15) is 6.04 Å². The average Bonchev–Trinajstić information content (AvgIpc) is 3.35. The molecule has 7 nitrogen and oxygen atoms in total. The second-order valence-corrected chi connectivity index (χ2v) is 8.26. The largest absolute Gasteiger partial charge is 0.396 e. The number of aromatic nitrogens is 1. The molecule has 0 spiro atoms. The number of fused-ring (bicyclic) bond motifs is 3. The minimum Gasteiger partial charge on any atom is -0.396 e. The lowest BCUT2D eigenvalue weighted by Gasteiger charge is -2.34. The number of aliphatic hydroxyl groups excluding tert-OH is 1. The highest BCUT2D eigenvalue weighted by atomic mass is 16.3. The summed E-state index contributed by atoms with van der Waals surface area (Å²) in [5.74, 6) is -0.702. The molecular formula is C20H27N3O4. The van der Waals surface area contributed by atoms with Crippen molar-refractivity contribution >= 4 is 11.8 Å². The number of carbonyl (C=O) groups is 2. The Kier molecular flexibility index (Phi) is 4.58. The third kappa shape index (κ3) is 2.71. The van der Waals surface area contributed by atoms with Crippen LogP contribution in [0.3, 0.4) is 0 Å². The summed E-state index contributed by atoms with van der Waals surface area (Å²) in [6.07, 6.45) is 3.76. The quantitative estimate of drug-likeness (QED) is 0.842. The number of rotatable bonds is 3. The van der Waals surface area contributed by atoms with Crippen molar-refractivity contribution < 1.29 is 14.7 Å². The van der Waals surface area contributed by atoms with Gasteiger partial charge in [-0.25, -0.2) is 0 Å². The van der Waals surface area contributed by atoms with Crippen LogP contribution in [0.15, 0.2) is 23.0 Å². The van der Waals surface area contributed by atoms with Crippen LogP contribution in [0.25, 0.3) is 0 Å². The van der Waals surface area contributed by atoms with Gasteiger partial charge < -0.3 is 19.5 Å². The van der Waals surface area contributed by atoms with E-state index in [2.05, 4.69) is 0 Å². The molecule has 0 aromatic carbocycles. The Morgan fingerprint density at radius 2 is 1.93 bits per heavy atom. The zero-order valence-corrected chi connectivity index (χ0v) is 15.9. The molecule has 2 amide bonds. The molecule has 1 aromatic heterocycles. The van der Waals surface area contributed by atoms with Crippen LogP contribution >= 0.6 is 0 Å². The molecule has 1 saturated heterocycles. The van der Waals surface area contributed by atoms with Gasteiger partial charge in [0.15, 0.2) is 0 Å². The van der Waals surface area contributed by atoms with Gasteiger partial charge in [0, 0.05) is 56.8 Å². The van der Waals surface area contributed by atoms with Crippen LogP contribution in [0.5, 0.6) is 0 Å². The normalized spacial score (nSPS) is 29.7. The van der Waals surface area contributed by atoms with E-state index in [4.69, 9.17) is 0 Å². The van der Waals surface area contributed by atoms with Gasteiger partial charge >= 0.3 is 0 Å². The molecule has 4 rings (SSSR count). The van der Waals surface area contributed by atoms with E-state index in [9.17, 15) is 19.5 Å². The molecule has 27 heavy (non-hydrogen) atoms. The van der Waals surface area contributed by atoms with Crippen molar-refractivity contribution in [2.45, 2.75) is 44.3 Å². The number of pyridine rings is 1. The van der Waals surface area contributed by atoms with Crippen molar-refractivity contribution in [1.82, 2.24) is 14.4 Å². The molecule has 0 bridgehead atoms. The van der Waals surface area contributed by atoms with E-state index in [0.717, 1.165) is 31.4 Å². The van der Waals surface area contributed by atoms with Gasteiger partial charge in [-0.05, 0) is 18.9 Å². The van der Waals surface area contributed by atoms with E-state index >= 15 is 0 Å². The van der Waals surface area contributed by atoms with E-state index < -0.39 is 6.04 Å². The molecule has 0 unspecified atom stereocenters. The van der Waals surface area contributed by atoms with Gasteiger partial charge in [0.05, 0.1) is 6.04 Å². The zero-order chi connectivity index (χ0) is 19.3. The molecule has 4 atom stereocenters. The third-order valence-electron chi connectivity index (χ3n) is 6.60. The fourth-order valence-corrected chi connectivity index (χ4v) is 5.31. The highest BCUT2D eigenvalue weighted by molar-refractivity contribution is 5.90. The fourth-order valence-electron chi connectivity index (χ4n) is 5.31. The standard InChI is InChI=1S/C20H27N3O4/c1-21(2)20(27)18-14(11-24)13-10-22-15(8-5-9-16(22)25)17(13)23(18)19(26)12-6-3-4-7-12/h5,8-9,12-14,17-18,24H,3-4,6-7,10-11H2,1-2H3/t13-,14-,17+,18-/m0/s1.